The lowest BCUT2D eigenvalue weighted by Crippen LogP contribution is -2.35. The summed E-state index contributed by atoms with van der Waals surface area (Å²) in [6.07, 6.45) is 3.39. The van der Waals surface area contributed by atoms with Gasteiger partial charge in [-0.15, -0.1) is 0 Å². The third kappa shape index (κ3) is 3.35. The van der Waals surface area contributed by atoms with Gasteiger partial charge in [0.15, 0.2) is 5.43 Å². The first kappa shape index (κ1) is 19.0. The number of fused-ring (bicyclic) bond motifs is 1. The minimum Gasteiger partial charge on any atom is -0.360 e. The van der Waals surface area contributed by atoms with E-state index >= 15 is 0 Å². The molecule has 0 saturated carbocycles. The largest absolute Gasteiger partial charge is 0.360 e. The number of aromatic nitrogens is 1. The number of nitrogens with one attached hydrogen (secondary N) is 2. The van der Waals surface area contributed by atoms with Crippen LogP contribution in [0.4, 0.5) is 5.69 Å². The molecule has 0 unspecified atom stereocenters. The number of H-pyrrole nitrogens is 1. The van der Waals surface area contributed by atoms with Crippen LogP contribution in [-0.2, 0) is 4.79 Å². The van der Waals surface area contributed by atoms with Crippen LogP contribution < -0.4 is 15.9 Å². The van der Waals surface area contributed by atoms with Crippen LogP contribution in [0.1, 0.15) is 22.7 Å². The van der Waals surface area contributed by atoms with Gasteiger partial charge in [-0.05, 0) is 42.3 Å². The Kier molecular flexibility index (Phi) is 4.73. The van der Waals surface area contributed by atoms with Gasteiger partial charge in [-0.1, -0.05) is 60.7 Å². The van der Waals surface area contributed by atoms with Gasteiger partial charge in [0, 0.05) is 22.7 Å². The Morgan fingerprint density at radius 2 is 1.58 bits per heavy atom. The normalized spacial score (nSPS) is 17.6. The van der Waals surface area contributed by atoms with E-state index in [1.807, 2.05) is 85.8 Å². The van der Waals surface area contributed by atoms with Crippen molar-refractivity contribution >= 4 is 28.6 Å². The van der Waals surface area contributed by atoms with Gasteiger partial charge in [0.2, 0.25) is 0 Å². The molecule has 2 heterocycles. The molecule has 1 saturated heterocycles. The Hall–Kier alpha value is -3.96. The van der Waals surface area contributed by atoms with Gasteiger partial charge >= 0.3 is 0 Å². The Balaban J connectivity index is 1.65. The summed E-state index contributed by atoms with van der Waals surface area (Å²) in [5.41, 5.74) is 7.72. The standard InChI is InChI=1S/C26H21N3O2/c1-17-9-8-14-21-23(17)27-16-19(25(21)30)15-22-24(18-10-4-2-5-11-18)28-29(26(22)31)20-12-6-3-7-13-20/h2-16,24,28H,1H3,(H,27,30)/b22-15+/t24-/m1/s1. The SMILES string of the molecule is Cc1cccc2c(=O)c(/C=C3/C(=O)N(c4ccccc4)N[C@@H]3c3ccccc3)c[nH]c12. The monoisotopic (exact) mass is 407 g/mol. The van der Waals surface area contributed by atoms with E-state index in [2.05, 4.69) is 10.4 Å². The predicted octanol–water partition coefficient (Wildman–Crippen LogP) is 4.51. The van der Waals surface area contributed by atoms with E-state index in [1.54, 1.807) is 17.3 Å². The first-order valence-electron chi connectivity index (χ1n) is 10.2. The van der Waals surface area contributed by atoms with Crippen molar-refractivity contribution in [2.45, 2.75) is 13.0 Å². The number of hydrazine groups is 1. The van der Waals surface area contributed by atoms with Gasteiger partial charge in [0.05, 0.1) is 17.2 Å². The van der Waals surface area contributed by atoms with Gasteiger partial charge in [-0.3, -0.25) is 9.59 Å². The highest BCUT2D eigenvalue weighted by molar-refractivity contribution is 6.11. The van der Waals surface area contributed by atoms with E-state index < -0.39 is 0 Å². The molecule has 152 valence electrons. The number of aryl methyl sites for hydroxylation is 1. The minimum atomic E-state index is -0.360. The van der Waals surface area contributed by atoms with E-state index in [1.165, 1.54) is 0 Å². The molecule has 0 bridgehead atoms. The van der Waals surface area contributed by atoms with Gasteiger partial charge in [0.1, 0.15) is 0 Å². The molecule has 3 aromatic carbocycles. The number of aromatic amines is 1. The van der Waals surface area contributed by atoms with E-state index in [0.29, 0.717) is 16.5 Å². The van der Waals surface area contributed by atoms with E-state index in [4.69, 9.17) is 0 Å². The van der Waals surface area contributed by atoms with Crippen molar-refractivity contribution in [1.82, 2.24) is 10.4 Å². The van der Waals surface area contributed by atoms with Crippen LogP contribution in [-0.4, -0.2) is 10.9 Å². The lowest BCUT2D eigenvalue weighted by molar-refractivity contribution is -0.114. The summed E-state index contributed by atoms with van der Waals surface area (Å²) in [5.74, 6) is -0.177. The predicted molar refractivity (Wildman–Crippen MR) is 124 cm³/mol. The fourth-order valence-corrected chi connectivity index (χ4v) is 4.02. The zero-order valence-electron chi connectivity index (χ0n) is 17.0. The number of anilines is 1. The van der Waals surface area contributed by atoms with Crippen LogP contribution in [0.5, 0.6) is 0 Å². The summed E-state index contributed by atoms with van der Waals surface area (Å²) in [6, 6.07) is 24.5. The van der Waals surface area contributed by atoms with Crippen molar-refractivity contribution in [3.63, 3.8) is 0 Å². The number of hydrogen-bond donors (Lipinski definition) is 2. The lowest BCUT2D eigenvalue weighted by atomic mass is 9.97. The van der Waals surface area contributed by atoms with Crippen molar-refractivity contribution in [1.29, 1.82) is 0 Å². The molecule has 1 aromatic heterocycles. The first-order chi connectivity index (χ1) is 15.1. The maximum Gasteiger partial charge on any atom is 0.270 e. The topological polar surface area (TPSA) is 65.2 Å². The first-order valence-corrected chi connectivity index (χ1v) is 10.2. The summed E-state index contributed by atoms with van der Waals surface area (Å²) in [7, 11) is 0. The van der Waals surface area contributed by atoms with Gasteiger partial charge in [-0.2, -0.15) is 0 Å². The summed E-state index contributed by atoms with van der Waals surface area (Å²) < 4.78 is 0. The molecule has 1 atom stereocenters. The Morgan fingerprint density at radius 1 is 0.871 bits per heavy atom. The highest BCUT2D eigenvalue weighted by Gasteiger charge is 2.36. The third-order valence-electron chi connectivity index (χ3n) is 5.63. The second-order valence-electron chi connectivity index (χ2n) is 7.62. The fourth-order valence-electron chi connectivity index (χ4n) is 4.02. The fraction of sp³-hybridized carbons (Fsp3) is 0.0769. The molecule has 0 radical (unpaired) electrons. The highest BCUT2D eigenvalue weighted by atomic mass is 16.2. The average molecular weight is 407 g/mol. The molecule has 4 aromatic rings. The number of para-hydroxylation sites is 2. The van der Waals surface area contributed by atoms with Gasteiger partial charge < -0.3 is 4.98 Å². The number of rotatable bonds is 3. The number of carbonyl (C=O) groups is 1. The van der Waals surface area contributed by atoms with Crippen molar-refractivity contribution in [3.8, 4) is 0 Å². The second kappa shape index (κ2) is 7.70. The summed E-state index contributed by atoms with van der Waals surface area (Å²) in [6.45, 7) is 1.96. The van der Waals surface area contributed by atoms with E-state index in [0.717, 1.165) is 22.3 Å². The van der Waals surface area contributed by atoms with Crippen LogP contribution >= 0.6 is 0 Å². The molecular weight excluding hydrogens is 386 g/mol. The molecule has 0 aliphatic carbocycles. The molecule has 5 heteroatoms. The molecule has 2 N–H and O–H groups in total. The van der Waals surface area contributed by atoms with Crippen LogP contribution in [0.15, 0.2) is 95.4 Å². The molecule has 1 fully saturated rings. The molecular formula is C26H21N3O2. The average Bonchev–Trinajstić information content (AvgIpc) is 3.13. The molecule has 0 spiro atoms. The number of carbonyl (C=O) groups excluding carboxylic acids is 1. The van der Waals surface area contributed by atoms with Crippen LogP contribution in [0.2, 0.25) is 0 Å². The molecule has 1 aliphatic heterocycles. The van der Waals surface area contributed by atoms with E-state index in [9.17, 15) is 9.59 Å². The number of hydrogen-bond acceptors (Lipinski definition) is 3. The zero-order chi connectivity index (χ0) is 21.4. The highest BCUT2D eigenvalue weighted by Crippen LogP contribution is 2.33. The summed E-state index contributed by atoms with van der Waals surface area (Å²) in [4.78, 5) is 29.8. The number of nitrogens with zero attached hydrogens (tertiary/aromatic N) is 1. The maximum absolute atomic E-state index is 13.4. The van der Waals surface area contributed by atoms with Gasteiger partial charge in [-0.25, -0.2) is 10.4 Å². The Morgan fingerprint density at radius 3 is 2.32 bits per heavy atom. The zero-order valence-corrected chi connectivity index (χ0v) is 17.0. The van der Waals surface area contributed by atoms with Crippen molar-refractivity contribution in [2.24, 2.45) is 0 Å². The maximum atomic E-state index is 13.4. The quantitative estimate of drug-likeness (QED) is 0.491. The summed E-state index contributed by atoms with van der Waals surface area (Å²) in [5, 5.41) is 2.16. The Bertz CT molecular complexity index is 1360. The van der Waals surface area contributed by atoms with Crippen LogP contribution in [0, 0.1) is 6.92 Å². The van der Waals surface area contributed by atoms with E-state index in [-0.39, 0.29) is 17.4 Å². The molecule has 5 rings (SSSR count). The van der Waals surface area contributed by atoms with Crippen molar-refractivity contribution in [3.05, 3.63) is 118 Å². The molecule has 1 amide bonds. The second-order valence-corrected chi connectivity index (χ2v) is 7.62. The van der Waals surface area contributed by atoms with Gasteiger partial charge in [0.25, 0.3) is 5.91 Å². The molecule has 1 aliphatic rings. The molecule has 5 nitrogen and oxygen atoms in total. The number of pyridine rings is 1. The summed E-state index contributed by atoms with van der Waals surface area (Å²) >= 11 is 0. The van der Waals surface area contributed by atoms with Crippen molar-refractivity contribution < 1.29 is 4.79 Å². The number of benzene rings is 3. The lowest BCUT2D eigenvalue weighted by Gasteiger charge is -2.17. The van der Waals surface area contributed by atoms with Crippen LogP contribution in [0.25, 0.3) is 17.0 Å². The smallest absolute Gasteiger partial charge is 0.270 e. The minimum absolute atomic E-state index is 0.0947. The van der Waals surface area contributed by atoms with Crippen LogP contribution in [0.3, 0.4) is 0 Å². The van der Waals surface area contributed by atoms with Crippen molar-refractivity contribution in [2.75, 3.05) is 5.01 Å². The third-order valence-corrected chi connectivity index (χ3v) is 5.63. The number of amides is 1. The molecule has 31 heavy (non-hydrogen) atoms. The Labute approximate surface area is 179 Å².